The lowest BCUT2D eigenvalue weighted by atomic mass is 10.2. The average molecular weight is 268 g/mol. The minimum Gasteiger partial charge on any atom is -0.359 e. The first-order valence-corrected chi connectivity index (χ1v) is 6.28. The van der Waals surface area contributed by atoms with Gasteiger partial charge < -0.3 is 10.3 Å². The van der Waals surface area contributed by atoms with Crippen LogP contribution in [0.4, 0.5) is 10.1 Å². The number of carbonyl (C=O) groups excluding carboxylic acids is 1. The number of anilines is 1. The Bertz CT molecular complexity index is 775. The molecule has 0 aliphatic heterocycles. The number of rotatable bonds is 2. The van der Waals surface area contributed by atoms with Gasteiger partial charge in [0.2, 0.25) is 0 Å². The van der Waals surface area contributed by atoms with Gasteiger partial charge in [0.1, 0.15) is 5.82 Å². The zero-order chi connectivity index (χ0) is 14.1. The molecule has 0 fully saturated rings. The number of nitrogens with one attached hydrogen (secondary N) is 2. The predicted molar refractivity (Wildman–Crippen MR) is 77.4 cm³/mol. The van der Waals surface area contributed by atoms with Gasteiger partial charge in [-0.05, 0) is 55.5 Å². The molecule has 0 atom stereocenters. The summed E-state index contributed by atoms with van der Waals surface area (Å²) in [7, 11) is 0. The van der Waals surface area contributed by atoms with Crippen LogP contribution in [-0.4, -0.2) is 10.9 Å². The van der Waals surface area contributed by atoms with Crippen LogP contribution in [0.2, 0.25) is 0 Å². The van der Waals surface area contributed by atoms with Crippen LogP contribution in [0.15, 0.2) is 48.5 Å². The molecule has 20 heavy (non-hydrogen) atoms. The molecule has 1 aromatic heterocycles. The van der Waals surface area contributed by atoms with E-state index in [1.165, 1.54) is 24.3 Å². The molecule has 3 nitrogen and oxygen atoms in total. The number of hydrogen-bond acceptors (Lipinski definition) is 1. The zero-order valence-electron chi connectivity index (χ0n) is 10.9. The smallest absolute Gasteiger partial charge is 0.255 e. The van der Waals surface area contributed by atoms with Crippen molar-refractivity contribution in [2.45, 2.75) is 6.92 Å². The standard InChI is InChI=1S/C16H13FN2O/c1-10-8-12-9-14(6-7-15(12)18-10)19-16(20)11-2-4-13(17)5-3-11/h2-9,18H,1H3,(H,19,20). The Labute approximate surface area is 115 Å². The van der Waals surface area contributed by atoms with Crippen molar-refractivity contribution in [3.63, 3.8) is 0 Å². The summed E-state index contributed by atoms with van der Waals surface area (Å²) in [6.45, 7) is 1.98. The minimum atomic E-state index is -0.356. The molecule has 0 unspecified atom stereocenters. The van der Waals surface area contributed by atoms with Gasteiger partial charge in [-0.3, -0.25) is 4.79 Å². The lowest BCUT2D eigenvalue weighted by Gasteiger charge is -2.05. The van der Waals surface area contributed by atoms with Crippen molar-refractivity contribution in [2.24, 2.45) is 0 Å². The van der Waals surface area contributed by atoms with Gasteiger partial charge in [-0.15, -0.1) is 0 Å². The van der Waals surface area contributed by atoms with Gasteiger partial charge >= 0.3 is 0 Å². The molecule has 2 N–H and O–H groups in total. The number of benzene rings is 2. The molecule has 0 radical (unpaired) electrons. The lowest BCUT2D eigenvalue weighted by molar-refractivity contribution is 0.102. The second-order valence-corrected chi connectivity index (χ2v) is 4.72. The van der Waals surface area contributed by atoms with Crippen molar-refractivity contribution in [1.82, 2.24) is 4.98 Å². The summed E-state index contributed by atoms with van der Waals surface area (Å²) in [6, 6.07) is 13.1. The van der Waals surface area contributed by atoms with E-state index in [2.05, 4.69) is 10.3 Å². The van der Waals surface area contributed by atoms with E-state index >= 15 is 0 Å². The van der Waals surface area contributed by atoms with Crippen LogP contribution in [0.25, 0.3) is 10.9 Å². The summed E-state index contributed by atoms with van der Waals surface area (Å²) in [6.07, 6.45) is 0. The summed E-state index contributed by atoms with van der Waals surface area (Å²) in [4.78, 5) is 15.2. The van der Waals surface area contributed by atoms with Crippen LogP contribution in [0.3, 0.4) is 0 Å². The molecule has 4 heteroatoms. The second-order valence-electron chi connectivity index (χ2n) is 4.72. The first-order chi connectivity index (χ1) is 9.61. The number of fused-ring (bicyclic) bond motifs is 1. The normalized spacial score (nSPS) is 10.7. The summed E-state index contributed by atoms with van der Waals surface area (Å²) >= 11 is 0. The number of halogens is 1. The van der Waals surface area contributed by atoms with Crippen LogP contribution in [0.1, 0.15) is 16.1 Å². The highest BCUT2D eigenvalue weighted by Gasteiger charge is 2.07. The molecule has 1 amide bonds. The Balaban J connectivity index is 1.84. The monoisotopic (exact) mass is 268 g/mol. The Morgan fingerprint density at radius 2 is 1.85 bits per heavy atom. The third kappa shape index (κ3) is 2.40. The Morgan fingerprint density at radius 1 is 1.10 bits per heavy atom. The Hall–Kier alpha value is -2.62. The third-order valence-corrected chi connectivity index (χ3v) is 3.12. The summed E-state index contributed by atoms with van der Waals surface area (Å²) in [5.74, 6) is -0.609. The van der Waals surface area contributed by atoms with Crippen molar-refractivity contribution >= 4 is 22.5 Å². The average Bonchev–Trinajstić information content (AvgIpc) is 2.78. The number of aryl methyl sites for hydroxylation is 1. The van der Waals surface area contributed by atoms with E-state index in [0.29, 0.717) is 11.3 Å². The van der Waals surface area contributed by atoms with Gasteiger partial charge in [-0.1, -0.05) is 0 Å². The van der Waals surface area contributed by atoms with Gasteiger partial charge in [0.15, 0.2) is 0 Å². The molecule has 3 aromatic rings. The number of amides is 1. The van der Waals surface area contributed by atoms with Crippen LogP contribution >= 0.6 is 0 Å². The van der Waals surface area contributed by atoms with Crippen LogP contribution in [0, 0.1) is 12.7 Å². The number of aromatic nitrogens is 1. The largest absolute Gasteiger partial charge is 0.359 e. The molecule has 3 rings (SSSR count). The van der Waals surface area contributed by atoms with Crippen molar-refractivity contribution in [3.05, 3.63) is 65.6 Å². The highest BCUT2D eigenvalue weighted by atomic mass is 19.1. The van der Waals surface area contributed by atoms with Crippen molar-refractivity contribution in [3.8, 4) is 0 Å². The highest BCUT2D eigenvalue weighted by Crippen LogP contribution is 2.20. The quantitative estimate of drug-likeness (QED) is 0.728. The maximum Gasteiger partial charge on any atom is 0.255 e. The van der Waals surface area contributed by atoms with Crippen LogP contribution in [0.5, 0.6) is 0 Å². The van der Waals surface area contributed by atoms with Gasteiger partial charge in [-0.25, -0.2) is 4.39 Å². The van der Waals surface area contributed by atoms with E-state index in [1.54, 1.807) is 0 Å². The molecular weight excluding hydrogens is 255 g/mol. The zero-order valence-corrected chi connectivity index (χ0v) is 10.9. The Morgan fingerprint density at radius 3 is 2.60 bits per heavy atom. The van der Waals surface area contributed by atoms with Gasteiger partial charge in [0.05, 0.1) is 0 Å². The molecule has 0 spiro atoms. The van der Waals surface area contributed by atoms with E-state index in [-0.39, 0.29) is 11.7 Å². The predicted octanol–water partition coefficient (Wildman–Crippen LogP) is 3.87. The lowest BCUT2D eigenvalue weighted by Crippen LogP contribution is -2.11. The number of carbonyl (C=O) groups is 1. The van der Waals surface area contributed by atoms with Crippen LogP contribution in [-0.2, 0) is 0 Å². The number of H-pyrrole nitrogens is 1. The maximum absolute atomic E-state index is 12.8. The molecule has 0 aliphatic carbocycles. The Kier molecular flexibility index (Phi) is 2.99. The third-order valence-electron chi connectivity index (χ3n) is 3.12. The molecule has 100 valence electrons. The number of hydrogen-bond donors (Lipinski definition) is 2. The first kappa shape index (κ1) is 12.4. The fraction of sp³-hybridized carbons (Fsp3) is 0.0625. The van der Waals surface area contributed by atoms with Gasteiger partial charge in [-0.2, -0.15) is 0 Å². The van der Waals surface area contributed by atoms with E-state index in [4.69, 9.17) is 0 Å². The molecule has 1 heterocycles. The highest BCUT2D eigenvalue weighted by molar-refractivity contribution is 6.05. The SMILES string of the molecule is Cc1cc2cc(NC(=O)c3ccc(F)cc3)ccc2[nH]1. The first-order valence-electron chi connectivity index (χ1n) is 6.28. The van der Waals surface area contributed by atoms with E-state index in [1.807, 2.05) is 31.2 Å². The fourth-order valence-electron chi connectivity index (χ4n) is 2.16. The number of aromatic amines is 1. The minimum absolute atomic E-state index is 0.253. The summed E-state index contributed by atoms with van der Waals surface area (Å²) < 4.78 is 12.8. The summed E-state index contributed by atoms with van der Waals surface area (Å²) in [5, 5.41) is 3.84. The topological polar surface area (TPSA) is 44.9 Å². The fourth-order valence-corrected chi connectivity index (χ4v) is 2.16. The van der Waals surface area contributed by atoms with Crippen molar-refractivity contribution in [2.75, 3.05) is 5.32 Å². The molecule has 0 saturated heterocycles. The van der Waals surface area contributed by atoms with E-state index in [0.717, 1.165) is 16.6 Å². The molecule has 0 saturated carbocycles. The van der Waals surface area contributed by atoms with E-state index < -0.39 is 0 Å². The second kappa shape index (κ2) is 4.81. The van der Waals surface area contributed by atoms with Crippen molar-refractivity contribution < 1.29 is 9.18 Å². The molecule has 2 aromatic carbocycles. The van der Waals surface area contributed by atoms with Crippen molar-refractivity contribution in [1.29, 1.82) is 0 Å². The molecular formula is C16H13FN2O. The summed E-state index contributed by atoms with van der Waals surface area (Å²) in [5.41, 5.74) is 3.24. The van der Waals surface area contributed by atoms with Crippen LogP contribution < -0.4 is 5.32 Å². The molecule has 0 aliphatic rings. The van der Waals surface area contributed by atoms with Gasteiger partial charge in [0, 0.05) is 27.8 Å². The molecule has 0 bridgehead atoms. The van der Waals surface area contributed by atoms with Gasteiger partial charge in [0.25, 0.3) is 5.91 Å². The van der Waals surface area contributed by atoms with E-state index in [9.17, 15) is 9.18 Å². The maximum atomic E-state index is 12.8.